The summed E-state index contributed by atoms with van der Waals surface area (Å²) < 4.78 is 90.7. The standard InChI is InChI=1S/C53H29N3S3/c1-3-11-30(12-4-1)32-19-23-34(24-20-32)51-54-52(35-25-21-33(22-26-35)31-13-5-2-6-14-31)56-53(55-51)40-27-28-41-43-45-46-44-42(29-36-15-7-8-16-37(36)47(44)57-41)58-48(46)38-17-9-10-18-39(38)49(45)59-50(40)43/h1-29H/i1D,2D,3D,4D,5D,6D,11D,12D,13D,14D. The Morgan fingerprint density at radius 2 is 0.831 bits per heavy atom. The van der Waals surface area contributed by atoms with Crippen molar-refractivity contribution >= 4 is 105 Å². The first kappa shape index (κ1) is 24.8. The average Bonchev–Trinajstić information content (AvgIpc) is 3.92. The SMILES string of the molecule is [2H]c1c([2H])c([2H])c(-c2ccc(-c3nc(-c4ccc(-c5c([2H])c([2H])c([2H])c([2H])c5[2H])cc4)nc(-c4ccc5sc6c7ccccc7cc7sc8c9ccccc9c9sc4c5c9c8c76)n3)cc2)c([2H])c1[2H]. The van der Waals surface area contributed by atoms with Crippen LogP contribution in [0.4, 0.5) is 0 Å². The van der Waals surface area contributed by atoms with Gasteiger partial charge in [0.05, 0.1) is 13.7 Å². The number of nitrogens with zero attached hydrogens (tertiary/aromatic N) is 3. The van der Waals surface area contributed by atoms with E-state index in [-0.39, 0.29) is 35.3 Å². The summed E-state index contributed by atoms with van der Waals surface area (Å²) >= 11 is 5.38. The molecule has 0 aliphatic rings. The first-order valence-electron chi connectivity index (χ1n) is 23.9. The highest BCUT2D eigenvalue weighted by Gasteiger charge is 2.25. The fraction of sp³-hybridized carbons (Fsp3) is 0. The van der Waals surface area contributed by atoms with Gasteiger partial charge in [0, 0.05) is 77.2 Å². The van der Waals surface area contributed by atoms with Gasteiger partial charge < -0.3 is 0 Å². The van der Waals surface area contributed by atoms with Crippen LogP contribution in [0.25, 0.3) is 128 Å². The van der Waals surface area contributed by atoms with Crippen LogP contribution < -0.4 is 0 Å². The number of thiophene rings is 2. The van der Waals surface area contributed by atoms with Gasteiger partial charge in [-0.2, -0.15) is 0 Å². The molecule has 4 heterocycles. The topological polar surface area (TPSA) is 38.7 Å². The first-order valence-corrected chi connectivity index (χ1v) is 21.3. The fourth-order valence-electron chi connectivity index (χ4n) is 8.38. The zero-order chi connectivity index (χ0) is 47.3. The molecule has 3 nitrogen and oxygen atoms in total. The molecule has 0 saturated heterocycles. The molecule has 13 rings (SSSR count). The Kier molecular flexibility index (Phi) is 5.40. The van der Waals surface area contributed by atoms with E-state index in [0.717, 1.165) is 20.3 Å². The van der Waals surface area contributed by atoms with Gasteiger partial charge >= 0.3 is 0 Å². The van der Waals surface area contributed by atoms with Crippen LogP contribution in [0, 0.1) is 0 Å². The van der Waals surface area contributed by atoms with Crippen molar-refractivity contribution in [3.8, 4) is 56.4 Å². The molecule has 0 N–H and O–H groups in total. The van der Waals surface area contributed by atoms with Crippen LogP contribution >= 0.6 is 34.0 Å². The van der Waals surface area contributed by atoms with Gasteiger partial charge in [-0.1, -0.05) is 157 Å². The van der Waals surface area contributed by atoms with E-state index in [2.05, 4.69) is 66.7 Å². The molecule has 0 spiro atoms. The van der Waals surface area contributed by atoms with Crippen LogP contribution in [0.15, 0.2) is 176 Å². The lowest BCUT2D eigenvalue weighted by Gasteiger charge is -2.10. The molecular weight excluding hydrogens is 775 g/mol. The lowest BCUT2D eigenvalue weighted by molar-refractivity contribution is 1.08. The van der Waals surface area contributed by atoms with Crippen LogP contribution in [-0.4, -0.2) is 15.0 Å². The third-order valence-corrected chi connectivity index (χ3v) is 14.7. The summed E-state index contributed by atoms with van der Waals surface area (Å²) in [6.07, 6.45) is 0. The summed E-state index contributed by atoms with van der Waals surface area (Å²) in [5.74, 6) is 1.09. The number of hydrogen-bond acceptors (Lipinski definition) is 6. The Labute approximate surface area is 364 Å². The summed E-state index contributed by atoms with van der Waals surface area (Å²) in [6.45, 7) is 0. The van der Waals surface area contributed by atoms with Gasteiger partial charge in [0.15, 0.2) is 17.5 Å². The minimum atomic E-state index is -0.461. The third-order valence-electron chi connectivity index (χ3n) is 11.1. The fourth-order valence-corrected chi connectivity index (χ4v) is 12.5. The van der Waals surface area contributed by atoms with E-state index >= 15 is 0 Å². The van der Waals surface area contributed by atoms with E-state index in [1.807, 2.05) is 11.3 Å². The van der Waals surface area contributed by atoms with E-state index in [0.29, 0.717) is 39.7 Å². The highest BCUT2D eigenvalue weighted by atomic mass is 32.1. The maximum absolute atomic E-state index is 8.59. The molecule has 0 aliphatic heterocycles. The zero-order valence-corrected chi connectivity index (χ0v) is 33.0. The molecule has 13 aromatic rings. The van der Waals surface area contributed by atoms with Gasteiger partial charge in [-0.15, -0.1) is 34.0 Å². The maximum atomic E-state index is 8.59. The molecule has 0 bridgehead atoms. The van der Waals surface area contributed by atoms with Crippen LogP contribution in [0.1, 0.15) is 13.7 Å². The second-order valence-electron chi connectivity index (χ2n) is 14.3. The summed E-state index contributed by atoms with van der Waals surface area (Å²) in [5.41, 5.74) is 3.06. The van der Waals surface area contributed by atoms with Crippen LogP contribution in [-0.2, 0) is 0 Å². The molecule has 0 unspecified atom stereocenters. The van der Waals surface area contributed by atoms with Crippen molar-refractivity contribution in [2.24, 2.45) is 0 Å². The van der Waals surface area contributed by atoms with Crippen molar-refractivity contribution in [1.82, 2.24) is 15.0 Å². The van der Waals surface area contributed by atoms with Crippen LogP contribution in [0.5, 0.6) is 0 Å². The quantitative estimate of drug-likeness (QED) is 0.174. The van der Waals surface area contributed by atoms with Crippen LogP contribution in [0.3, 0.4) is 0 Å². The van der Waals surface area contributed by atoms with Crippen molar-refractivity contribution in [3.05, 3.63) is 176 Å². The van der Waals surface area contributed by atoms with Gasteiger partial charge in [0.1, 0.15) is 0 Å². The largest absolute Gasteiger partial charge is 0.208 e. The Morgan fingerprint density at radius 1 is 0.356 bits per heavy atom. The van der Waals surface area contributed by atoms with Crippen molar-refractivity contribution in [3.63, 3.8) is 0 Å². The predicted molar refractivity (Wildman–Crippen MR) is 254 cm³/mol. The van der Waals surface area contributed by atoms with Gasteiger partial charge in [-0.25, -0.2) is 15.0 Å². The Bertz CT molecular complexity index is 4180. The predicted octanol–water partition coefficient (Wildman–Crippen LogP) is 15.9. The van der Waals surface area contributed by atoms with Gasteiger partial charge in [-0.05, 0) is 51.2 Å². The average molecular weight is 814 g/mol. The maximum Gasteiger partial charge on any atom is 0.165 e. The third kappa shape index (κ3) is 5.07. The molecule has 0 radical (unpaired) electrons. The van der Waals surface area contributed by atoms with E-state index < -0.39 is 36.3 Å². The normalized spacial score (nSPS) is 14.4. The summed E-state index contributed by atoms with van der Waals surface area (Å²) in [6, 6.07) is 33.9. The van der Waals surface area contributed by atoms with Crippen LogP contribution in [0.2, 0.25) is 0 Å². The number of hydrogen-bond donors (Lipinski definition) is 0. The van der Waals surface area contributed by atoms with Gasteiger partial charge in [0.2, 0.25) is 0 Å². The Hall–Kier alpha value is -6.83. The molecule has 0 saturated carbocycles. The molecule has 9 aromatic carbocycles. The minimum absolute atomic E-state index is 0.0888. The molecule has 6 heteroatoms. The number of rotatable bonds is 5. The molecule has 59 heavy (non-hydrogen) atoms. The zero-order valence-electron chi connectivity index (χ0n) is 40.5. The van der Waals surface area contributed by atoms with Crippen molar-refractivity contribution < 1.29 is 13.7 Å². The summed E-state index contributed by atoms with van der Waals surface area (Å²) in [4.78, 5) is 15.4. The van der Waals surface area contributed by atoms with E-state index in [9.17, 15) is 0 Å². The molecule has 274 valence electrons. The molecular formula is C53H29N3S3. The molecule has 0 fully saturated rings. The molecule has 0 atom stereocenters. The first-order chi connectivity index (χ1) is 33.4. The molecule has 0 amide bonds. The summed E-state index contributed by atoms with van der Waals surface area (Å²) in [7, 11) is 0. The van der Waals surface area contributed by atoms with Gasteiger partial charge in [0.25, 0.3) is 0 Å². The lowest BCUT2D eigenvalue weighted by atomic mass is 9.98. The second-order valence-corrected chi connectivity index (χ2v) is 17.5. The number of benzene rings is 9. The monoisotopic (exact) mass is 813 g/mol. The Balaban J connectivity index is 1.06. The highest BCUT2D eigenvalue weighted by Crippen LogP contribution is 2.55. The Morgan fingerprint density at radius 3 is 1.44 bits per heavy atom. The smallest absolute Gasteiger partial charge is 0.165 e. The van der Waals surface area contributed by atoms with Crippen molar-refractivity contribution in [2.45, 2.75) is 0 Å². The van der Waals surface area contributed by atoms with Crippen molar-refractivity contribution in [1.29, 1.82) is 0 Å². The van der Waals surface area contributed by atoms with Crippen molar-refractivity contribution in [2.75, 3.05) is 0 Å². The summed E-state index contributed by atoms with van der Waals surface area (Å²) in [5, 5.41) is 9.69. The highest BCUT2D eigenvalue weighted by molar-refractivity contribution is 7.33. The van der Waals surface area contributed by atoms with Gasteiger partial charge in [-0.3, -0.25) is 0 Å². The lowest BCUT2D eigenvalue weighted by Crippen LogP contribution is -2.00. The molecule has 4 aromatic heterocycles. The van der Waals surface area contributed by atoms with E-state index in [1.54, 1.807) is 71.2 Å². The molecule has 0 aliphatic carbocycles. The number of aromatic nitrogens is 3. The number of fused-ring (bicyclic) bond motifs is 5. The van der Waals surface area contributed by atoms with E-state index in [1.165, 1.54) is 56.5 Å². The minimum Gasteiger partial charge on any atom is -0.208 e. The second kappa shape index (κ2) is 12.8. The van der Waals surface area contributed by atoms with E-state index in [4.69, 9.17) is 28.7 Å².